The number of hydrogen-bond donors (Lipinski definition) is 2. The Morgan fingerprint density at radius 1 is 1.05 bits per heavy atom. The van der Waals surface area contributed by atoms with Gasteiger partial charge in [-0.1, -0.05) is 18.9 Å². The average molecular weight is 275 g/mol. The van der Waals surface area contributed by atoms with Crippen LogP contribution in [-0.4, -0.2) is 34.1 Å². The number of carbonyl (C=O) groups excluding carboxylic acids is 1. The van der Waals surface area contributed by atoms with Gasteiger partial charge < -0.3 is 15.1 Å². The Balaban J connectivity index is 1.71. The number of carbonyl (C=O) groups is 1. The van der Waals surface area contributed by atoms with Crippen LogP contribution in [-0.2, 0) is 0 Å². The van der Waals surface area contributed by atoms with Crippen LogP contribution in [0.5, 0.6) is 11.5 Å². The molecule has 0 atom stereocenters. The summed E-state index contributed by atoms with van der Waals surface area (Å²) >= 11 is 0. The predicted molar refractivity (Wildman–Crippen MR) is 75.8 cm³/mol. The minimum atomic E-state index is -0.307. The highest BCUT2D eigenvalue weighted by Crippen LogP contribution is 2.46. The summed E-state index contributed by atoms with van der Waals surface area (Å²) in [5.41, 5.74) is 0.671. The first kappa shape index (κ1) is 13.3. The SMILES string of the molecule is O=C(c1cccc(O)c1O)N1CCC2(CCCC2)CC1. The standard InChI is InChI=1S/C16H21NO3/c18-13-5-3-4-12(14(13)19)15(20)17-10-8-16(9-11-17)6-1-2-7-16/h3-5,18-19H,1-2,6-11H2. The summed E-state index contributed by atoms with van der Waals surface area (Å²) in [4.78, 5) is 14.2. The summed E-state index contributed by atoms with van der Waals surface area (Å²) in [6, 6.07) is 4.54. The molecule has 4 heteroatoms. The van der Waals surface area contributed by atoms with E-state index in [0.29, 0.717) is 5.41 Å². The van der Waals surface area contributed by atoms with Gasteiger partial charge in [0, 0.05) is 13.1 Å². The van der Waals surface area contributed by atoms with Crippen LogP contribution >= 0.6 is 0 Å². The lowest BCUT2D eigenvalue weighted by Gasteiger charge is -2.39. The van der Waals surface area contributed by atoms with E-state index in [2.05, 4.69) is 0 Å². The lowest BCUT2D eigenvalue weighted by Crippen LogP contribution is -2.42. The molecule has 3 rings (SSSR count). The summed E-state index contributed by atoms with van der Waals surface area (Å²) in [6.45, 7) is 1.52. The predicted octanol–water partition coefficient (Wildman–Crippen LogP) is 2.89. The summed E-state index contributed by atoms with van der Waals surface area (Å²) in [5, 5.41) is 19.3. The molecule has 1 heterocycles. The molecule has 0 bridgehead atoms. The van der Waals surface area contributed by atoms with Crippen molar-refractivity contribution in [2.45, 2.75) is 38.5 Å². The number of para-hydroxylation sites is 1. The number of phenols is 2. The van der Waals surface area contributed by atoms with E-state index in [0.717, 1.165) is 25.9 Å². The normalized spacial score (nSPS) is 21.3. The Morgan fingerprint density at radius 2 is 1.70 bits per heavy atom. The Hall–Kier alpha value is -1.71. The van der Waals surface area contributed by atoms with Crippen molar-refractivity contribution >= 4 is 5.91 Å². The molecule has 2 fully saturated rings. The number of piperidine rings is 1. The van der Waals surface area contributed by atoms with Crippen molar-refractivity contribution in [3.05, 3.63) is 23.8 Å². The first-order valence-corrected chi connectivity index (χ1v) is 7.42. The number of nitrogens with zero attached hydrogens (tertiary/aromatic N) is 1. The molecule has 1 spiro atoms. The molecule has 1 saturated heterocycles. The molecule has 0 unspecified atom stereocenters. The first-order chi connectivity index (χ1) is 9.61. The zero-order valence-electron chi connectivity index (χ0n) is 11.6. The van der Waals surface area contributed by atoms with Crippen LogP contribution in [0.3, 0.4) is 0 Å². The maximum atomic E-state index is 12.4. The fourth-order valence-corrected chi connectivity index (χ4v) is 3.68. The summed E-state index contributed by atoms with van der Waals surface area (Å²) < 4.78 is 0. The Morgan fingerprint density at radius 3 is 2.35 bits per heavy atom. The second-order valence-corrected chi connectivity index (χ2v) is 6.17. The van der Waals surface area contributed by atoms with Crippen molar-refractivity contribution in [1.82, 2.24) is 4.90 Å². The fourth-order valence-electron chi connectivity index (χ4n) is 3.68. The summed E-state index contributed by atoms with van der Waals surface area (Å²) in [5.74, 6) is -0.718. The largest absolute Gasteiger partial charge is 0.504 e. The van der Waals surface area contributed by atoms with Crippen LogP contribution in [0.1, 0.15) is 48.9 Å². The number of phenolic OH excluding ortho intramolecular Hbond substituents is 2. The quantitative estimate of drug-likeness (QED) is 0.775. The second-order valence-electron chi connectivity index (χ2n) is 6.17. The van der Waals surface area contributed by atoms with Crippen molar-refractivity contribution in [3.63, 3.8) is 0 Å². The lowest BCUT2D eigenvalue weighted by molar-refractivity contribution is 0.0584. The van der Waals surface area contributed by atoms with Crippen LogP contribution in [0.25, 0.3) is 0 Å². The summed E-state index contributed by atoms with van der Waals surface area (Å²) in [7, 11) is 0. The van der Waals surface area contributed by atoms with E-state index < -0.39 is 0 Å². The fraction of sp³-hybridized carbons (Fsp3) is 0.562. The van der Waals surface area contributed by atoms with E-state index in [-0.39, 0.29) is 23.0 Å². The van der Waals surface area contributed by atoms with Gasteiger partial charge in [-0.25, -0.2) is 0 Å². The third-order valence-electron chi connectivity index (χ3n) is 5.02. The zero-order chi connectivity index (χ0) is 14.2. The van der Waals surface area contributed by atoms with Gasteiger partial charge in [-0.3, -0.25) is 4.79 Å². The molecule has 1 aromatic rings. The molecule has 0 radical (unpaired) electrons. The van der Waals surface area contributed by atoms with Crippen LogP contribution in [0, 0.1) is 5.41 Å². The van der Waals surface area contributed by atoms with Crippen LogP contribution in [0.2, 0.25) is 0 Å². The Bertz CT molecular complexity index is 510. The third kappa shape index (κ3) is 2.23. The molecule has 2 N–H and O–H groups in total. The van der Waals surface area contributed by atoms with Crippen molar-refractivity contribution in [1.29, 1.82) is 0 Å². The second kappa shape index (κ2) is 5.00. The molecular weight excluding hydrogens is 254 g/mol. The first-order valence-electron chi connectivity index (χ1n) is 7.42. The third-order valence-corrected chi connectivity index (χ3v) is 5.02. The molecular formula is C16H21NO3. The molecule has 1 aromatic carbocycles. The molecule has 108 valence electrons. The van der Waals surface area contributed by atoms with Crippen molar-refractivity contribution < 1.29 is 15.0 Å². The van der Waals surface area contributed by atoms with Crippen molar-refractivity contribution in [2.75, 3.05) is 13.1 Å². The van der Waals surface area contributed by atoms with Crippen molar-refractivity contribution in [2.24, 2.45) is 5.41 Å². The molecule has 1 saturated carbocycles. The lowest BCUT2D eigenvalue weighted by atomic mass is 9.77. The molecule has 1 amide bonds. The highest BCUT2D eigenvalue weighted by Gasteiger charge is 2.38. The molecule has 20 heavy (non-hydrogen) atoms. The minimum absolute atomic E-state index is 0.175. The van der Waals surface area contributed by atoms with E-state index in [4.69, 9.17) is 0 Å². The highest BCUT2D eigenvalue weighted by molar-refractivity contribution is 5.97. The van der Waals surface area contributed by atoms with E-state index in [1.54, 1.807) is 17.0 Å². The molecule has 0 aromatic heterocycles. The number of benzene rings is 1. The van der Waals surface area contributed by atoms with Crippen LogP contribution < -0.4 is 0 Å². The minimum Gasteiger partial charge on any atom is -0.504 e. The van der Waals surface area contributed by atoms with Gasteiger partial charge in [0.2, 0.25) is 0 Å². The van der Waals surface area contributed by atoms with E-state index in [9.17, 15) is 15.0 Å². The van der Waals surface area contributed by atoms with Gasteiger partial charge in [-0.2, -0.15) is 0 Å². The maximum Gasteiger partial charge on any atom is 0.257 e. The Kier molecular flexibility index (Phi) is 3.32. The van der Waals surface area contributed by atoms with Gasteiger partial charge in [0.05, 0.1) is 5.56 Å². The van der Waals surface area contributed by atoms with E-state index in [1.807, 2.05) is 0 Å². The van der Waals surface area contributed by atoms with E-state index in [1.165, 1.54) is 31.7 Å². The van der Waals surface area contributed by atoms with Gasteiger partial charge in [-0.05, 0) is 43.2 Å². The molecule has 2 aliphatic rings. The summed E-state index contributed by atoms with van der Waals surface area (Å²) in [6.07, 6.45) is 7.37. The van der Waals surface area contributed by atoms with Crippen molar-refractivity contribution in [3.8, 4) is 11.5 Å². The maximum absolute atomic E-state index is 12.4. The Labute approximate surface area is 119 Å². The highest BCUT2D eigenvalue weighted by atomic mass is 16.3. The van der Waals surface area contributed by atoms with Gasteiger partial charge in [0.15, 0.2) is 11.5 Å². The van der Waals surface area contributed by atoms with Gasteiger partial charge in [0.1, 0.15) is 0 Å². The number of rotatable bonds is 1. The number of aromatic hydroxyl groups is 2. The number of hydrogen-bond acceptors (Lipinski definition) is 3. The van der Waals surface area contributed by atoms with Gasteiger partial charge in [0.25, 0.3) is 5.91 Å². The molecule has 1 aliphatic heterocycles. The zero-order valence-corrected chi connectivity index (χ0v) is 11.6. The smallest absolute Gasteiger partial charge is 0.257 e. The van der Waals surface area contributed by atoms with E-state index >= 15 is 0 Å². The average Bonchev–Trinajstić information content (AvgIpc) is 2.90. The van der Waals surface area contributed by atoms with Crippen LogP contribution in [0.15, 0.2) is 18.2 Å². The topological polar surface area (TPSA) is 60.8 Å². The van der Waals surface area contributed by atoms with Gasteiger partial charge in [-0.15, -0.1) is 0 Å². The van der Waals surface area contributed by atoms with Crippen LogP contribution in [0.4, 0.5) is 0 Å². The number of amides is 1. The molecule has 1 aliphatic carbocycles. The molecule has 4 nitrogen and oxygen atoms in total. The number of likely N-dealkylation sites (tertiary alicyclic amines) is 1. The monoisotopic (exact) mass is 275 g/mol. The van der Waals surface area contributed by atoms with Gasteiger partial charge >= 0.3 is 0 Å².